The molecule has 3 rings (SSSR count). The molecule has 5 heteroatoms. The van der Waals surface area contributed by atoms with Crippen LogP contribution in [-0.4, -0.2) is 43.2 Å². The summed E-state index contributed by atoms with van der Waals surface area (Å²) < 4.78 is 12.3. The predicted octanol–water partition coefficient (Wildman–Crippen LogP) is 3.94. The Labute approximate surface area is 152 Å². The van der Waals surface area contributed by atoms with Crippen molar-refractivity contribution in [3.63, 3.8) is 0 Å². The Hall–Kier alpha value is -1.07. The number of esters is 1. The van der Waals surface area contributed by atoms with E-state index in [1.807, 2.05) is 25.1 Å². The normalized spacial score (nSPS) is 20.6. The third kappa shape index (κ3) is 3.94. The minimum Gasteiger partial charge on any atom is -0.490 e. The molecule has 1 saturated heterocycles. The van der Waals surface area contributed by atoms with E-state index in [-0.39, 0.29) is 5.97 Å². The molecular weight excluding hydrogens is 370 g/mol. The topological polar surface area (TPSA) is 38.8 Å². The van der Waals surface area contributed by atoms with Crippen LogP contribution >= 0.6 is 15.9 Å². The Morgan fingerprint density at radius 3 is 2.71 bits per heavy atom. The third-order valence-corrected chi connectivity index (χ3v) is 6.27. The summed E-state index contributed by atoms with van der Waals surface area (Å²) in [4.78, 5) is 13.8. The van der Waals surface area contributed by atoms with Gasteiger partial charge in [-0.1, -0.05) is 22.0 Å². The first-order valence-corrected chi connectivity index (χ1v) is 9.60. The number of piperidine rings is 1. The number of carbonyl (C=O) groups excluding carboxylic acids is 1. The van der Waals surface area contributed by atoms with E-state index in [9.17, 15) is 4.79 Å². The van der Waals surface area contributed by atoms with Crippen LogP contribution in [-0.2, 0) is 9.53 Å². The second-order valence-electron chi connectivity index (χ2n) is 7.09. The van der Waals surface area contributed by atoms with Crippen molar-refractivity contribution in [2.24, 2.45) is 5.41 Å². The average molecular weight is 396 g/mol. The molecule has 1 heterocycles. The van der Waals surface area contributed by atoms with Crippen molar-refractivity contribution in [1.82, 2.24) is 4.90 Å². The average Bonchev–Trinajstić information content (AvgIpc) is 2.52. The highest BCUT2D eigenvalue weighted by molar-refractivity contribution is 9.10. The Balaban J connectivity index is 1.45. The summed E-state index contributed by atoms with van der Waals surface area (Å²) in [5.74, 6) is 0.886. The number of hydrogen-bond acceptors (Lipinski definition) is 4. The zero-order valence-electron chi connectivity index (χ0n) is 14.5. The quantitative estimate of drug-likeness (QED) is 0.707. The van der Waals surface area contributed by atoms with Gasteiger partial charge < -0.3 is 9.47 Å². The summed E-state index contributed by atoms with van der Waals surface area (Å²) in [6, 6.07) is 6.12. The molecule has 0 bridgehead atoms. The minimum absolute atomic E-state index is 0.103. The summed E-state index contributed by atoms with van der Waals surface area (Å²) in [6.07, 6.45) is 4.90. The van der Waals surface area contributed by atoms with Crippen molar-refractivity contribution < 1.29 is 14.3 Å². The number of carbonyl (C=O) groups is 1. The SMILES string of the molecule is CCOC(=O)CN1CCC2(CC1)CC(Oc1cccc(Br)c1C)C2. The van der Waals surface area contributed by atoms with Crippen LogP contribution < -0.4 is 4.74 Å². The van der Waals surface area contributed by atoms with Gasteiger partial charge in [-0.25, -0.2) is 0 Å². The zero-order valence-corrected chi connectivity index (χ0v) is 16.1. The highest BCUT2D eigenvalue weighted by Gasteiger charge is 2.47. The van der Waals surface area contributed by atoms with Crippen LogP contribution in [0.15, 0.2) is 22.7 Å². The molecule has 0 N–H and O–H groups in total. The lowest BCUT2D eigenvalue weighted by Crippen LogP contribution is -2.51. The van der Waals surface area contributed by atoms with Crippen LogP contribution in [0.4, 0.5) is 0 Å². The van der Waals surface area contributed by atoms with E-state index >= 15 is 0 Å². The third-order valence-electron chi connectivity index (χ3n) is 5.41. The molecule has 24 heavy (non-hydrogen) atoms. The van der Waals surface area contributed by atoms with E-state index in [0.29, 0.717) is 24.7 Å². The first kappa shape index (κ1) is 17.7. The largest absolute Gasteiger partial charge is 0.490 e. The first-order chi connectivity index (χ1) is 11.5. The molecule has 0 aromatic heterocycles. The van der Waals surface area contributed by atoms with Gasteiger partial charge >= 0.3 is 5.97 Å². The van der Waals surface area contributed by atoms with E-state index in [0.717, 1.165) is 49.0 Å². The smallest absolute Gasteiger partial charge is 0.320 e. The first-order valence-electron chi connectivity index (χ1n) is 8.81. The standard InChI is InChI=1S/C19H26BrNO3/c1-3-23-18(22)13-21-9-7-19(8-10-21)11-15(12-19)24-17-6-4-5-16(20)14(17)2/h4-6,15H,3,7-13H2,1-2H3. The molecule has 1 saturated carbocycles. The van der Waals surface area contributed by atoms with Crippen molar-refractivity contribution in [2.75, 3.05) is 26.2 Å². The van der Waals surface area contributed by atoms with Gasteiger partial charge in [0.1, 0.15) is 5.75 Å². The van der Waals surface area contributed by atoms with Crippen LogP contribution in [0, 0.1) is 12.3 Å². The number of nitrogens with zero attached hydrogens (tertiary/aromatic N) is 1. The molecule has 1 aromatic rings. The van der Waals surface area contributed by atoms with Gasteiger partial charge in [0.25, 0.3) is 0 Å². The van der Waals surface area contributed by atoms with Crippen LogP contribution in [0.2, 0.25) is 0 Å². The Kier molecular flexibility index (Phi) is 5.50. The number of ether oxygens (including phenoxy) is 2. The van der Waals surface area contributed by atoms with Crippen molar-refractivity contribution >= 4 is 21.9 Å². The fourth-order valence-corrected chi connectivity index (χ4v) is 4.22. The molecule has 0 radical (unpaired) electrons. The highest BCUT2D eigenvalue weighted by Crippen LogP contribution is 2.50. The van der Waals surface area contributed by atoms with Crippen LogP contribution in [0.3, 0.4) is 0 Å². The minimum atomic E-state index is -0.103. The molecular formula is C19H26BrNO3. The fraction of sp³-hybridized carbons (Fsp3) is 0.632. The number of halogens is 1. The van der Waals surface area contributed by atoms with Gasteiger partial charge in [-0.05, 0) is 70.2 Å². The lowest BCUT2D eigenvalue weighted by molar-refractivity contribution is -0.145. The van der Waals surface area contributed by atoms with Crippen molar-refractivity contribution in [3.8, 4) is 5.75 Å². The Morgan fingerprint density at radius 2 is 2.04 bits per heavy atom. The predicted molar refractivity (Wildman–Crippen MR) is 97.3 cm³/mol. The van der Waals surface area contributed by atoms with E-state index in [2.05, 4.69) is 27.8 Å². The zero-order chi connectivity index (χ0) is 17.2. The molecule has 2 aliphatic rings. The molecule has 1 spiro atoms. The van der Waals surface area contributed by atoms with E-state index in [1.165, 1.54) is 5.56 Å². The lowest BCUT2D eigenvalue weighted by atomic mass is 9.61. The van der Waals surface area contributed by atoms with E-state index in [1.54, 1.807) is 0 Å². The van der Waals surface area contributed by atoms with E-state index in [4.69, 9.17) is 9.47 Å². The maximum absolute atomic E-state index is 11.6. The van der Waals surface area contributed by atoms with Gasteiger partial charge in [-0.3, -0.25) is 9.69 Å². The summed E-state index contributed by atoms with van der Waals surface area (Å²) in [5.41, 5.74) is 1.60. The molecule has 1 aliphatic carbocycles. The molecule has 132 valence electrons. The Bertz CT molecular complexity index is 588. The highest BCUT2D eigenvalue weighted by atomic mass is 79.9. The second-order valence-corrected chi connectivity index (χ2v) is 7.95. The summed E-state index contributed by atoms with van der Waals surface area (Å²) in [7, 11) is 0. The lowest BCUT2D eigenvalue weighted by Gasteiger charge is -2.51. The molecule has 0 amide bonds. The van der Waals surface area contributed by atoms with Gasteiger partial charge in [0.05, 0.1) is 19.3 Å². The molecule has 1 aromatic carbocycles. The van der Waals surface area contributed by atoms with E-state index < -0.39 is 0 Å². The van der Waals surface area contributed by atoms with Gasteiger partial charge in [0.15, 0.2) is 0 Å². The summed E-state index contributed by atoms with van der Waals surface area (Å²) in [5, 5.41) is 0. The maximum Gasteiger partial charge on any atom is 0.320 e. The molecule has 0 unspecified atom stereocenters. The van der Waals surface area contributed by atoms with Crippen LogP contribution in [0.1, 0.15) is 38.2 Å². The van der Waals surface area contributed by atoms with Gasteiger partial charge in [-0.15, -0.1) is 0 Å². The number of rotatable bonds is 5. The molecule has 1 aliphatic heterocycles. The Morgan fingerprint density at radius 1 is 1.33 bits per heavy atom. The van der Waals surface area contributed by atoms with Crippen molar-refractivity contribution in [2.45, 2.75) is 45.6 Å². The number of benzene rings is 1. The van der Waals surface area contributed by atoms with Crippen LogP contribution in [0.5, 0.6) is 5.75 Å². The summed E-state index contributed by atoms with van der Waals surface area (Å²) >= 11 is 3.56. The number of hydrogen-bond donors (Lipinski definition) is 0. The van der Waals surface area contributed by atoms with Gasteiger partial charge in [-0.2, -0.15) is 0 Å². The van der Waals surface area contributed by atoms with Crippen molar-refractivity contribution in [1.29, 1.82) is 0 Å². The molecule has 2 fully saturated rings. The maximum atomic E-state index is 11.6. The van der Waals surface area contributed by atoms with Gasteiger partial charge in [0.2, 0.25) is 0 Å². The van der Waals surface area contributed by atoms with Crippen LogP contribution in [0.25, 0.3) is 0 Å². The van der Waals surface area contributed by atoms with Gasteiger partial charge in [0, 0.05) is 10.0 Å². The fourth-order valence-electron chi connectivity index (χ4n) is 3.87. The second kappa shape index (κ2) is 7.44. The summed E-state index contributed by atoms with van der Waals surface area (Å²) in [6.45, 7) is 6.81. The number of likely N-dealkylation sites (tertiary alicyclic amines) is 1. The monoisotopic (exact) mass is 395 g/mol. The molecule has 0 atom stereocenters. The van der Waals surface area contributed by atoms with Crippen molar-refractivity contribution in [3.05, 3.63) is 28.2 Å². The molecule has 4 nitrogen and oxygen atoms in total.